The molecule has 19 heavy (non-hydrogen) atoms. The third-order valence-corrected chi connectivity index (χ3v) is 2.69. The summed E-state index contributed by atoms with van der Waals surface area (Å²) in [7, 11) is 0. The minimum absolute atomic E-state index is 0.270. The molecule has 0 spiro atoms. The van der Waals surface area contributed by atoms with Crippen molar-refractivity contribution >= 4 is 12.0 Å². The molecule has 2 amide bonds. The van der Waals surface area contributed by atoms with Gasteiger partial charge in [0, 0.05) is 13.1 Å². The number of rotatable bonds is 4. The van der Waals surface area contributed by atoms with Gasteiger partial charge < -0.3 is 25.2 Å². The lowest BCUT2D eigenvalue weighted by molar-refractivity contribution is -0.131. The minimum Gasteiger partial charge on any atom is -0.444 e. The van der Waals surface area contributed by atoms with Crippen molar-refractivity contribution in [2.45, 2.75) is 32.4 Å². The molecule has 1 fully saturated rings. The third-order valence-electron chi connectivity index (χ3n) is 2.69. The van der Waals surface area contributed by atoms with Gasteiger partial charge in [0.05, 0.1) is 25.2 Å². The van der Waals surface area contributed by atoms with Crippen LogP contribution in [0.3, 0.4) is 0 Å². The maximum absolute atomic E-state index is 11.7. The molecule has 7 nitrogen and oxygen atoms in total. The standard InChI is InChI=1S/C12H22N2O5/c1-12(2,3)19-11(18)14-4-8(5-14)10(17)13-9(6-15)7-16/h8-9,15-16H,4-7H2,1-3H3,(H,13,17). The second-order valence-electron chi connectivity index (χ2n) is 5.65. The highest BCUT2D eigenvalue weighted by Crippen LogP contribution is 2.19. The van der Waals surface area contributed by atoms with E-state index >= 15 is 0 Å². The van der Waals surface area contributed by atoms with Crippen LogP contribution in [0.25, 0.3) is 0 Å². The van der Waals surface area contributed by atoms with Gasteiger partial charge in [-0.05, 0) is 20.8 Å². The second kappa shape index (κ2) is 6.21. The van der Waals surface area contributed by atoms with Crippen LogP contribution in [-0.4, -0.2) is 65.1 Å². The summed E-state index contributed by atoms with van der Waals surface area (Å²) in [5, 5.41) is 20.2. The highest BCUT2D eigenvalue weighted by molar-refractivity contribution is 5.82. The lowest BCUT2D eigenvalue weighted by Gasteiger charge is -2.39. The van der Waals surface area contributed by atoms with Crippen molar-refractivity contribution < 1.29 is 24.5 Å². The van der Waals surface area contributed by atoms with Crippen LogP contribution in [-0.2, 0) is 9.53 Å². The Morgan fingerprint density at radius 3 is 2.26 bits per heavy atom. The zero-order valence-electron chi connectivity index (χ0n) is 11.5. The van der Waals surface area contributed by atoms with E-state index in [1.54, 1.807) is 20.8 Å². The largest absolute Gasteiger partial charge is 0.444 e. The van der Waals surface area contributed by atoms with Crippen molar-refractivity contribution in [3.8, 4) is 0 Å². The summed E-state index contributed by atoms with van der Waals surface area (Å²) in [5.41, 5.74) is -0.552. The first-order chi connectivity index (χ1) is 8.76. The molecule has 0 atom stereocenters. The van der Waals surface area contributed by atoms with Gasteiger partial charge in [-0.3, -0.25) is 4.79 Å². The van der Waals surface area contributed by atoms with E-state index in [0.717, 1.165) is 0 Å². The molecular formula is C12H22N2O5. The summed E-state index contributed by atoms with van der Waals surface area (Å²) in [6, 6.07) is -0.650. The summed E-state index contributed by atoms with van der Waals surface area (Å²) < 4.78 is 5.17. The minimum atomic E-state index is -0.650. The summed E-state index contributed by atoms with van der Waals surface area (Å²) in [6.07, 6.45) is -0.433. The molecule has 0 radical (unpaired) electrons. The predicted octanol–water partition coefficient (Wildman–Crippen LogP) is -0.677. The van der Waals surface area contributed by atoms with Crippen LogP contribution in [0.15, 0.2) is 0 Å². The zero-order valence-corrected chi connectivity index (χ0v) is 11.5. The molecule has 0 aromatic carbocycles. The Hall–Kier alpha value is -1.34. The van der Waals surface area contributed by atoms with E-state index in [9.17, 15) is 9.59 Å². The van der Waals surface area contributed by atoms with Gasteiger partial charge in [0.25, 0.3) is 0 Å². The average molecular weight is 274 g/mol. The number of likely N-dealkylation sites (tertiary alicyclic amines) is 1. The molecule has 0 aliphatic carbocycles. The normalized spacial score (nSPS) is 16.2. The topological polar surface area (TPSA) is 99.1 Å². The van der Waals surface area contributed by atoms with Gasteiger partial charge in [-0.25, -0.2) is 4.79 Å². The van der Waals surface area contributed by atoms with Crippen LogP contribution in [0, 0.1) is 5.92 Å². The summed E-state index contributed by atoms with van der Waals surface area (Å²) in [5.74, 6) is -0.582. The number of nitrogens with zero attached hydrogens (tertiary/aromatic N) is 1. The van der Waals surface area contributed by atoms with E-state index in [-0.39, 0.29) is 25.0 Å². The number of ether oxygens (including phenoxy) is 1. The van der Waals surface area contributed by atoms with E-state index in [2.05, 4.69) is 5.32 Å². The molecule has 0 bridgehead atoms. The molecule has 1 aliphatic heterocycles. The first-order valence-electron chi connectivity index (χ1n) is 6.27. The van der Waals surface area contributed by atoms with Crippen molar-refractivity contribution in [1.82, 2.24) is 10.2 Å². The smallest absolute Gasteiger partial charge is 0.410 e. The molecule has 3 N–H and O–H groups in total. The lowest BCUT2D eigenvalue weighted by Crippen LogP contribution is -2.58. The first-order valence-corrected chi connectivity index (χ1v) is 6.27. The van der Waals surface area contributed by atoms with Gasteiger partial charge in [0.15, 0.2) is 0 Å². The Morgan fingerprint density at radius 2 is 1.84 bits per heavy atom. The van der Waals surface area contributed by atoms with E-state index in [0.29, 0.717) is 13.1 Å². The monoisotopic (exact) mass is 274 g/mol. The number of amides is 2. The number of hydrogen-bond donors (Lipinski definition) is 3. The third kappa shape index (κ3) is 4.68. The van der Waals surface area contributed by atoms with Gasteiger partial charge in [0.1, 0.15) is 5.60 Å². The molecule has 1 heterocycles. The van der Waals surface area contributed by atoms with Gasteiger partial charge >= 0.3 is 6.09 Å². The molecule has 0 unspecified atom stereocenters. The van der Waals surface area contributed by atoms with Crippen molar-refractivity contribution in [2.75, 3.05) is 26.3 Å². The number of carbonyl (C=O) groups is 2. The molecule has 0 aromatic heterocycles. The number of carbonyl (C=O) groups excluding carboxylic acids is 2. The van der Waals surface area contributed by atoms with Gasteiger partial charge in [-0.2, -0.15) is 0 Å². The van der Waals surface area contributed by atoms with Crippen molar-refractivity contribution in [3.63, 3.8) is 0 Å². The number of aliphatic hydroxyl groups excluding tert-OH is 2. The van der Waals surface area contributed by atoms with Crippen LogP contribution >= 0.6 is 0 Å². The second-order valence-corrected chi connectivity index (χ2v) is 5.65. The highest BCUT2D eigenvalue weighted by atomic mass is 16.6. The maximum Gasteiger partial charge on any atom is 0.410 e. The lowest BCUT2D eigenvalue weighted by atomic mass is 9.99. The first kappa shape index (κ1) is 15.7. The SMILES string of the molecule is CC(C)(C)OC(=O)N1CC(C(=O)NC(CO)CO)C1. The quantitative estimate of drug-likeness (QED) is 0.631. The summed E-state index contributed by atoms with van der Waals surface area (Å²) in [6.45, 7) is 5.30. The molecule has 1 rings (SSSR count). The van der Waals surface area contributed by atoms with Crippen LogP contribution in [0.5, 0.6) is 0 Å². The Bertz CT molecular complexity index is 330. The molecule has 0 aromatic rings. The molecule has 1 saturated heterocycles. The number of hydrogen-bond acceptors (Lipinski definition) is 5. The summed E-state index contributed by atoms with van der Waals surface area (Å²) in [4.78, 5) is 24.8. The van der Waals surface area contributed by atoms with Crippen molar-refractivity contribution in [2.24, 2.45) is 5.92 Å². The number of aliphatic hydroxyl groups is 2. The van der Waals surface area contributed by atoms with Gasteiger partial charge in [0.2, 0.25) is 5.91 Å². The molecular weight excluding hydrogens is 252 g/mol. The molecule has 0 saturated carbocycles. The van der Waals surface area contributed by atoms with E-state index in [1.165, 1.54) is 4.90 Å². The van der Waals surface area contributed by atoms with Crippen LogP contribution < -0.4 is 5.32 Å². The van der Waals surface area contributed by atoms with E-state index in [4.69, 9.17) is 14.9 Å². The van der Waals surface area contributed by atoms with Crippen molar-refractivity contribution in [3.05, 3.63) is 0 Å². The number of nitrogens with one attached hydrogen (secondary N) is 1. The van der Waals surface area contributed by atoms with E-state index < -0.39 is 17.7 Å². The van der Waals surface area contributed by atoms with Crippen LogP contribution in [0.2, 0.25) is 0 Å². The predicted molar refractivity (Wildman–Crippen MR) is 67.4 cm³/mol. The fourth-order valence-corrected chi connectivity index (χ4v) is 1.59. The fraction of sp³-hybridized carbons (Fsp3) is 0.833. The Morgan fingerprint density at radius 1 is 1.32 bits per heavy atom. The molecule has 1 aliphatic rings. The van der Waals surface area contributed by atoms with Gasteiger partial charge in [-0.1, -0.05) is 0 Å². The molecule has 110 valence electrons. The Balaban J connectivity index is 2.33. The Kier molecular flexibility index (Phi) is 5.13. The van der Waals surface area contributed by atoms with Crippen molar-refractivity contribution in [1.29, 1.82) is 0 Å². The van der Waals surface area contributed by atoms with E-state index in [1.807, 2.05) is 0 Å². The maximum atomic E-state index is 11.7. The average Bonchev–Trinajstić information content (AvgIpc) is 2.21. The fourth-order valence-electron chi connectivity index (χ4n) is 1.59. The van der Waals surface area contributed by atoms with Crippen LogP contribution in [0.1, 0.15) is 20.8 Å². The Labute approximate surface area is 112 Å². The zero-order chi connectivity index (χ0) is 14.6. The summed E-state index contributed by atoms with van der Waals surface area (Å²) >= 11 is 0. The van der Waals surface area contributed by atoms with Crippen LogP contribution in [0.4, 0.5) is 4.79 Å². The highest BCUT2D eigenvalue weighted by Gasteiger charge is 2.38. The van der Waals surface area contributed by atoms with Gasteiger partial charge in [-0.15, -0.1) is 0 Å². The molecule has 7 heteroatoms.